The van der Waals surface area contributed by atoms with Crippen LogP contribution in [-0.4, -0.2) is 54.1 Å². The Kier molecular flexibility index (Phi) is 4.22. The lowest BCUT2D eigenvalue weighted by Gasteiger charge is -2.43. The van der Waals surface area contributed by atoms with E-state index in [2.05, 4.69) is 9.80 Å². The molecule has 2 saturated carbocycles. The summed E-state index contributed by atoms with van der Waals surface area (Å²) in [5.41, 5.74) is 6.12. The summed E-state index contributed by atoms with van der Waals surface area (Å²) in [6.07, 6.45) is 11.0. The number of hydrogen-bond donors (Lipinski definition) is 1. The average Bonchev–Trinajstić information content (AvgIpc) is 2.93. The van der Waals surface area contributed by atoms with Crippen LogP contribution in [0.2, 0.25) is 0 Å². The molecule has 2 unspecified atom stereocenters. The summed E-state index contributed by atoms with van der Waals surface area (Å²) in [5, 5.41) is 0. The van der Waals surface area contributed by atoms with Gasteiger partial charge in [-0.25, -0.2) is 0 Å². The molecule has 0 aromatic carbocycles. The minimum atomic E-state index is 0.469. The largest absolute Gasteiger partial charge is 0.328 e. The van der Waals surface area contributed by atoms with Crippen LogP contribution < -0.4 is 5.73 Å². The first-order valence-corrected chi connectivity index (χ1v) is 8.06. The average molecular weight is 251 g/mol. The molecular weight excluding hydrogens is 222 g/mol. The summed E-state index contributed by atoms with van der Waals surface area (Å²) >= 11 is 0. The molecule has 0 spiro atoms. The number of hydrogen-bond acceptors (Lipinski definition) is 3. The molecule has 2 N–H and O–H groups in total. The topological polar surface area (TPSA) is 32.5 Å². The maximum Gasteiger partial charge on any atom is 0.0113 e. The lowest BCUT2D eigenvalue weighted by Crippen LogP contribution is -2.54. The second-order valence-corrected chi connectivity index (χ2v) is 6.59. The highest BCUT2D eigenvalue weighted by atomic mass is 15.3. The molecular formula is C15H29N3. The molecule has 2 aliphatic carbocycles. The molecule has 2 atom stereocenters. The standard InChI is InChI=1S/C15H29N3/c16-13-4-3-7-15(12-13)18-10-8-17(9-11-18)14-5-1-2-6-14/h13-15H,1-12,16H2. The van der Waals surface area contributed by atoms with Crippen molar-refractivity contribution in [2.45, 2.75) is 69.5 Å². The second-order valence-electron chi connectivity index (χ2n) is 6.59. The SMILES string of the molecule is NC1CCCC(N2CCN(C3CCCC3)CC2)C1. The Bertz CT molecular complexity index is 254. The third-order valence-corrected chi connectivity index (χ3v) is 5.39. The van der Waals surface area contributed by atoms with Crippen molar-refractivity contribution in [2.75, 3.05) is 26.2 Å². The molecule has 104 valence electrons. The first-order chi connectivity index (χ1) is 8.83. The predicted molar refractivity (Wildman–Crippen MR) is 75.6 cm³/mol. The maximum atomic E-state index is 6.12. The van der Waals surface area contributed by atoms with Crippen molar-refractivity contribution >= 4 is 0 Å². The second kappa shape index (κ2) is 5.89. The lowest BCUT2D eigenvalue weighted by molar-refractivity contribution is 0.0551. The highest BCUT2D eigenvalue weighted by Gasteiger charge is 2.30. The monoisotopic (exact) mass is 251 g/mol. The Balaban J connectivity index is 1.47. The van der Waals surface area contributed by atoms with Gasteiger partial charge in [-0.05, 0) is 32.1 Å². The van der Waals surface area contributed by atoms with Gasteiger partial charge in [0.1, 0.15) is 0 Å². The fourth-order valence-corrected chi connectivity index (χ4v) is 4.27. The van der Waals surface area contributed by atoms with Gasteiger partial charge < -0.3 is 5.73 Å². The van der Waals surface area contributed by atoms with E-state index in [0.717, 1.165) is 12.1 Å². The van der Waals surface area contributed by atoms with E-state index in [1.807, 2.05) is 0 Å². The van der Waals surface area contributed by atoms with Crippen LogP contribution >= 0.6 is 0 Å². The Labute approximate surface area is 112 Å². The van der Waals surface area contributed by atoms with Crippen LogP contribution in [0.25, 0.3) is 0 Å². The molecule has 18 heavy (non-hydrogen) atoms. The van der Waals surface area contributed by atoms with E-state index in [1.54, 1.807) is 0 Å². The summed E-state index contributed by atoms with van der Waals surface area (Å²) in [4.78, 5) is 5.48. The van der Waals surface area contributed by atoms with Crippen LogP contribution in [0.5, 0.6) is 0 Å². The van der Waals surface area contributed by atoms with Gasteiger partial charge >= 0.3 is 0 Å². The molecule has 3 heteroatoms. The molecule has 3 nitrogen and oxygen atoms in total. The van der Waals surface area contributed by atoms with Gasteiger partial charge in [-0.1, -0.05) is 19.3 Å². The molecule has 3 rings (SSSR count). The minimum Gasteiger partial charge on any atom is -0.328 e. The van der Waals surface area contributed by atoms with Crippen molar-refractivity contribution in [3.8, 4) is 0 Å². The first kappa shape index (κ1) is 12.9. The zero-order valence-corrected chi connectivity index (χ0v) is 11.7. The van der Waals surface area contributed by atoms with Crippen molar-refractivity contribution in [1.82, 2.24) is 9.80 Å². The highest BCUT2D eigenvalue weighted by Crippen LogP contribution is 2.27. The van der Waals surface area contributed by atoms with Gasteiger partial charge in [0.25, 0.3) is 0 Å². The Morgan fingerprint density at radius 1 is 0.667 bits per heavy atom. The van der Waals surface area contributed by atoms with Gasteiger partial charge in [0.15, 0.2) is 0 Å². The van der Waals surface area contributed by atoms with Crippen molar-refractivity contribution in [2.24, 2.45) is 5.73 Å². The van der Waals surface area contributed by atoms with E-state index in [1.165, 1.54) is 77.5 Å². The van der Waals surface area contributed by atoms with Crippen LogP contribution in [0.4, 0.5) is 0 Å². The van der Waals surface area contributed by atoms with Gasteiger partial charge in [0.05, 0.1) is 0 Å². The van der Waals surface area contributed by atoms with E-state index in [-0.39, 0.29) is 0 Å². The number of nitrogens with zero attached hydrogens (tertiary/aromatic N) is 2. The van der Waals surface area contributed by atoms with Crippen LogP contribution in [0.1, 0.15) is 51.4 Å². The molecule has 0 bridgehead atoms. The van der Waals surface area contributed by atoms with Gasteiger partial charge in [-0.2, -0.15) is 0 Å². The molecule has 3 fully saturated rings. The predicted octanol–water partition coefficient (Wildman–Crippen LogP) is 1.82. The summed E-state index contributed by atoms with van der Waals surface area (Å²) in [7, 11) is 0. The van der Waals surface area contributed by atoms with E-state index in [4.69, 9.17) is 5.73 Å². The van der Waals surface area contributed by atoms with Crippen LogP contribution in [0.3, 0.4) is 0 Å². The fourth-order valence-electron chi connectivity index (χ4n) is 4.27. The highest BCUT2D eigenvalue weighted by molar-refractivity contribution is 4.87. The quantitative estimate of drug-likeness (QED) is 0.812. The Hall–Kier alpha value is -0.120. The lowest BCUT2D eigenvalue weighted by atomic mass is 9.90. The van der Waals surface area contributed by atoms with E-state index < -0.39 is 0 Å². The molecule has 0 aromatic rings. The summed E-state index contributed by atoms with van der Waals surface area (Å²) in [5.74, 6) is 0. The van der Waals surface area contributed by atoms with Gasteiger partial charge in [-0.15, -0.1) is 0 Å². The molecule has 0 aromatic heterocycles. The zero-order chi connectivity index (χ0) is 12.4. The fraction of sp³-hybridized carbons (Fsp3) is 1.00. The normalized spacial score (nSPS) is 37.2. The van der Waals surface area contributed by atoms with Gasteiger partial charge in [0.2, 0.25) is 0 Å². The number of piperazine rings is 1. The summed E-state index contributed by atoms with van der Waals surface area (Å²) < 4.78 is 0. The zero-order valence-electron chi connectivity index (χ0n) is 11.7. The molecule has 3 aliphatic rings. The van der Waals surface area contributed by atoms with Crippen LogP contribution in [0.15, 0.2) is 0 Å². The summed E-state index contributed by atoms with van der Waals surface area (Å²) in [6.45, 7) is 5.18. The number of nitrogens with two attached hydrogens (primary N) is 1. The van der Waals surface area contributed by atoms with Crippen molar-refractivity contribution in [1.29, 1.82) is 0 Å². The molecule has 0 radical (unpaired) electrons. The van der Waals surface area contributed by atoms with Crippen LogP contribution in [-0.2, 0) is 0 Å². The molecule has 1 heterocycles. The molecule has 1 saturated heterocycles. The van der Waals surface area contributed by atoms with Crippen molar-refractivity contribution in [3.05, 3.63) is 0 Å². The third kappa shape index (κ3) is 2.89. The Morgan fingerprint density at radius 3 is 1.83 bits per heavy atom. The smallest absolute Gasteiger partial charge is 0.0113 e. The van der Waals surface area contributed by atoms with E-state index in [0.29, 0.717) is 6.04 Å². The Morgan fingerprint density at radius 2 is 1.22 bits per heavy atom. The number of rotatable bonds is 2. The van der Waals surface area contributed by atoms with Gasteiger partial charge in [-0.3, -0.25) is 9.80 Å². The summed E-state index contributed by atoms with van der Waals surface area (Å²) in [6, 6.07) is 2.18. The van der Waals surface area contributed by atoms with Crippen molar-refractivity contribution in [3.63, 3.8) is 0 Å². The molecule has 0 amide bonds. The van der Waals surface area contributed by atoms with Crippen molar-refractivity contribution < 1.29 is 0 Å². The maximum absolute atomic E-state index is 6.12. The van der Waals surface area contributed by atoms with Crippen LogP contribution in [0, 0.1) is 0 Å². The molecule has 1 aliphatic heterocycles. The minimum absolute atomic E-state index is 0.469. The third-order valence-electron chi connectivity index (χ3n) is 5.39. The first-order valence-electron chi connectivity index (χ1n) is 8.06. The van der Waals surface area contributed by atoms with Gasteiger partial charge in [0, 0.05) is 44.3 Å². The van der Waals surface area contributed by atoms with E-state index in [9.17, 15) is 0 Å². The van der Waals surface area contributed by atoms with E-state index >= 15 is 0 Å².